The summed E-state index contributed by atoms with van der Waals surface area (Å²) >= 11 is 0. The first kappa shape index (κ1) is 31.8. The second-order valence-electron chi connectivity index (χ2n) is 11.4. The minimum Gasteiger partial charge on any atom is -0.494 e. The average Bonchev–Trinajstić information content (AvgIpc) is 3.39. The summed E-state index contributed by atoms with van der Waals surface area (Å²) < 4.78 is 45.8. The van der Waals surface area contributed by atoms with Gasteiger partial charge in [-0.15, -0.1) is 0 Å². The van der Waals surface area contributed by atoms with E-state index in [0.29, 0.717) is 17.9 Å². The fraction of sp³-hybridized carbons (Fsp3) is 0.333. The summed E-state index contributed by atoms with van der Waals surface area (Å²) in [5, 5.41) is 2.91. The van der Waals surface area contributed by atoms with Crippen molar-refractivity contribution in [3.05, 3.63) is 115 Å². The van der Waals surface area contributed by atoms with Gasteiger partial charge in [0.1, 0.15) is 23.7 Å². The second kappa shape index (κ2) is 14.3. The van der Waals surface area contributed by atoms with E-state index in [2.05, 4.69) is 14.6 Å². The standard InChI is InChI=1S/C33H40N4O5S/c1-33(2,3)42-32(38)34-30(26-13-7-5-8-14-26)31(27-15-9-6-10-16-27)35-43(39,40)29-19-17-28(18-20-29)41-24-12-11-21-37-23-22-36(4)25-37/h5-10,13-20,22-23,25,30-31,35H,11-12,21,24H2,1-4H3/p+1/t30-,31-/m0/s1. The smallest absolute Gasteiger partial charge is 0.408 e. The minimum absolute atomic E-state index is 0.0883. The zero-order valence-corrected chi connectivity index (χ0v) is 26.0. The number of sulfonamides is 1. The number of ether oxygens (including phenoxy) is 2. The summed E-state index contributed by atoms with van der Waals surface area (Å²) in [6, 6.07) is 23.2. The molecule has 0 aliphatic carbocycles. The summed E-state index contributed by atoms with van der Waals surface area (Å²) in [6.45, 7) is 6.77. The third-order valence-corrected chi connectivity index (χ3v) is 8.10. The molecule has 9 nitrogen and oxygen atoms in total. The van der Waals surface area contributed by atoms with E-state index in [-0.39, 0.29) is 4.90 Å². The highest BCUT2D eigenvalue weighted by Crippen LogP contribution is 2.31. The lowest BCUT2D eigenvalue weighted by Gasteiger charge is -2.30. The quantitative estimate of drug-likeness (QED) is 0.156. The molecule has 1 amide bonds. The number of alkyl carbamates (subject to hydrolysis) is 1. The molecule has 0 radical (unpaired) electrons. The maximum atomic E-state index is 13.7. The number of amides is 1. The van der Waals surface area contributed by atoms with E-state index in [1.807, 2.05) is 91.0 Å². The van der Waals surface area contributed by atoms with Gasteiger partial charge in [0, 0.05) is 0 Å². The normalized spacial score (nSPS) is 13.2. The summed E-state index contributed by atoms with van der Waals surface area (Å²) in [5.74, 6) is 0.597. The summed E-state index contributed by atoms with van der Waals surface area (Å²) in [4.78, 5) is 13.0. The van der Waals surface area contributed by atoms with Crippen LogP contribution in [0.4, 0.5) is 4.79 Å². The first-order chi connectivity index (χ1) is 20.5. The first-order valence-corrected chi connectivity index (χ1v) is 15.8. The summed E-state index contributed by atoms with van der Waals surface area (Å²) in [5.41, 5.74) is 0.682. The lowest BCUT2D eigenvalue weighted by atomic mass is 9.94. The molecule has 43 heavy (non-hydrogen) atoms. The molecular weight excluding hydrogens is 564 g/mol. The Balaban J connectivity index is 1.49. The molecule has 4 aromatic rings. The number of aromatic nitrogens is 2. The first-order valence-electron chi connectivity index (χ1n) is 14.4. The highest BCUT2D eigenvalue weighted by molar-refractivity contribution is 7.89. The maximum Gasteiger partial charge on any atom is 0.408 e. The van der Waals surface area contributed by atoms with Crippen molar-refractivity contribution in [2.45, 2.75) is 62.7 Å². The van der Waals surface area contributed by atoms with Crippen molar-refractivity contribution in [3.63, 3.8) is 0 Å². The number of hydrogen-bond donors (Lipinski definition) is 2. The van der Waals surface area contributed by atoms with Crippen LogP contribution in [0.15, 0.2) is 109 Å². The molecule has 1 heterocycles. The molecule has 1 aromatic heterocycles. The predicted octanol–water partition coefficient (Wildman–Crippen LogP) is 5.46. The lowest BCUT2D eigenvalue weighted by Crippen LogP contribution is -2.42. The molecule has 0 fully saturated rings. The number of carbonyl (C=O) groups is 1. The van der Waals surface area contributed by atoms with Crippen LogP contribution >= 0.6 is 0 Å². The second-order valence-corrected chi connectivity index (χ2v) is 13.1. The van der Waals surface area contributed by atoms with Gasteiger partial charge in [-0.2, -0.15) is 0 Å². The van der Waals surface area contributed by atoms with Gasteiger partial charge < -0.3 is 14.8 Å². The zero-order valence-electron chi connectivity index (χ0n) is 25.1. The Hall–Kier alpha value is -4.15. The Morgan fingerprint density at radius 1 is 0.884 bits per heavy atom. The van der Waals surface area contributed by atoms with Gasteiger partial charge in [-0.25, -0.2) is 27.1 Å². The SMILES string of the molecule is C[n+]1ccn(CCCCOc2ccc(S(=O)(=O)N[C@@H](c3ccccc3)[C@@H](NC(=O)OC(C)(C)C)c3ccccc3)cc2)c1. The van der Waals surface area contributed by atoms with Crippen LogP contribution in [-0.2, 0) is 28.4 Å². The molecule has 228 valence electrons. The molecule has 0 saturated heterocycles. The predicted molar refractivity (Wildman–Crippen MR) is 165 cm³/mol. The molecule has 2 N–H and O–H groups in total. The fourth-order valence-electron chi connectivity index (χ4n) is 4.61. The molecule has 0 saturated carbocycles. The van der Waals surface area contributed by atoms with E-state index < -0.39 is 33.8 Å². The molecule has 10 heteroatoms. The monoisotopic (exact) mass is 605 g/mol. The van der Waals surface area contributed by atoms with Crippen molar-refractivity contribution in [1.29, 1.82) is 0 Å². The van der Waals surface area contributed by atoms with E-state index in [0.717, 1.165) is 24.9 Å². The van der Waals surface area contributed by atoms with Gasteiger partial charge in [0.25, 0.3) is 0 Å². The Morgan fingerprint density at radius 2 is 1.49 bits per heavy atom. The van der Waals surface area contributed by atoms with Crippen molar-refractivity contribution in [2.24, 2.45) is 7.05 Å². The molecule has 0 spiro atoms. The van der Waals surface area contributed by atoms with Crippen molar-refractivity contribution >= 4 is 16.1 Å². The van der Waals surface area contributed by atoms with Gasteiger partial charge >= 0.3 is 6.09 Å². The minimum atomic E-state index is -4.01. The van der Waals surface area contributed by atoms with Crippen LogP contribution < -0.4 is 19.3 Å². The van der Waals surface area contributed by atoms with Crippen LogP contribution in [-0.4, -0.2) is 31.3 Å². The van der Waals surface area contributed by atoms with Crippen molar-refractivity contribution in [3.8, 4) is 5.75 Å². The van der Waals surface area contributed by atoms with Gasteiger partial charge in [-0.3, -0.25) is 0 Å². The third kappa shape index (κ3) is 9.69. The van der Waals surface area contributed by atoms with Crippen LogP contribution in [0.3, 0.4) is 0 Å². The number of hydrogen-bond acceptors (Lipinski definition) is 5. The lowest BCUT2D eigenvalue weighted by molar-refractivity contribution is -0.671. The Labute approximate surface area is 254 Å². The number of unbranched alkanes of at least 4 members (excludes halogenated alkanes) is 1. The summed E-state index contributed by atoms with van der Waals surface area (Å²) in [6.07, 6.45) is 7.26. The number of rotatable bonds is 13. The third-order valence-electron chi connectivity index (χ3n) is 6.64. The Bertz CT molecular complexity index is 1550. The van der Waals surface area contributed by atoms with Gasteiger partial charge in [0.2, 0.25) is 16.4 Å². The van der Waals surface area contributed by atoms with Gasteiger partial charge in [-0.05, 0) is 69.0 Å². The molecule has 0 aliphatic rings. The van der Waals surface area contributed by atoms with E-state index in [1.165, 1.54) is 12.1 Å². The van der Waals surface area contributed by atoms with E-state index in [9.17, 15) is 13.2 Å². The van der Waals surface area contributed by atoms with E-state index in [1.54, 1.807) is 32.9 Å². The van der Waals surface area contributed by atoms with Gasteiger partial charge in [-0.1, -0.05) is 60.7 Å². The van der Waals surface area contributed by atoms with Gasteiger partial charge in [0.15, 0.2) is 0 Å². The number of nitrogens with one attached hydrogen (secondary N) is 2. The topological polar surface area (TPSA) is 103 Å². The Morgan fingerprint density at radius 3 is 2.05 bits per heavy atom. The Kier molecular flexibility index (Phi) is 10.6. The van der Waals surface area contributed by atoms with Crippen LogP contribution in [0, 0.1) is 0 Å². The molecule has 0 bridgehead atoms. The number of imidazole rings is 1. The molecular formula is C33H41N4O5S+. The number of carbonyl (C=O) groups excluding carboxylic acids is 1. The highest BCUT2D eigenvalue weighted by Gasteiger charge is 2.32. The number of benzene rings is 3. The number of nitrogens with zero attached hydrogens (tertiary/aromatic N) is 2. The summed E-state index contributed by atoms with van der Waals surface area (Å²) in [7, 11) is -2.02. The highest BCUT2D eigenvalue weighted by atomic mass is 32.2. The van der Waals surface area contributed by atoms with E-state index >= 15 is 0 Å². The average molecular weight is 606 g/mol. The zero-order chi connectivity index (χ0) is 30.9. The molecule has 4 rings (SSSR count). The number of aryl methyl sites for hydroxylation is 2. The van der Waals surface area contributed by atoms with Gasteiger partial charge in [0.05, 0.1) is 37.2 Å². The van der Waals surface area contributed by atoms with Crippen molar-refractivity contribution in [1.82, 2.24) is 14.6 Å². The van der Waals surface area contributed by atoms with Crippen molar-refractivity contribution in [2.75, 3.05) is 6.61 Å². The molecule has 2 atom stereocenters. The molecule has 0 unspecified atom stereocenters. The maximum absolute atomic E-state index is 13.7. The van der Waals surface area contributed by atoms with Crippen LogP contribution in [0.1, 0.15) is 56.8 Å². The van der Waals surface area contributed by atoms with Crippen LogP contribution in [0.5, 0.6) is 5.75 Å². The van der Waals surface area contributed by atoms with Crippen molar-refractivity contribution < 1.29 is 27.3 Å². The molecule has 0 aliphatic heterocycles. The van der Waals surface area contributed by atoms with Crippen LogP contribution in [0.25, 0.3) is 0 Å². The largest absolute Gasteiger partial charge is 0.494 e. The van der Waals surface area contributed by atoms with Crippen LogP contribution in [0.2, 0.25) is 0 Å². The van der Waals surface area contributed by atoms with E-state index in [4.69, 9.17) is 9.47 Å². The molecule has 3 aromatic carbocycles. The fourth-order valence-corrected chi connectivity index (χ4v) is 5.85.